The molecule has 1 aliphatic heterocycles. The number of thiazole rings is 1. The molecule has 0 aliphatic carbocycles. The minimum atomic E-state index is -0.328. The zero-order chi connectivity index (χ0) is 20.3. The standard InChI is InChI=1S/C22H29N3O2S/c1-14(2)10-20(26)25-9-5-6-19(25)22(27)23-12-18-8-7-17(11-15(18)3)21-16(4)24-13-28-21/h7-8,11,13-14,19H,5-6,9-10,12H2,1-4H3,(H,23,27). The van der Waals surface area contributed by atoms with E-state index >= 15 is 0 Å². The van der Waals surface area contributed by atoms with Crippen molar-refractivity contribution in [3.05, 3.63) is 40.5 Å². The molecule has 0 bridgehead atoms. The first kappa shape index (κ1) is 20.5. The second-order valence-electron chi connectivity index (χ2n) is 7.97. The number of amides is 2. The summed E-state index contributed by atoms with van der Waals surface area (Å²) in [6.07, 6.45) is 2.14. The van der Waals surface area contributed by atoms with Crippen molar-refractivity contribution in [3.8, 4) is 10.4 Å². The first-order valence-corrected chi connectivity index (χ1v) is 10.8. The number of hydrogen-bond acceptors (Lipinski definition) is 4. The second-order valence-corrected chi connectivity index (χ2v) is 8.82. The van der Waals surface area contributed by atoms with Crippen molar-refractivity contribution in [1.29, 1.82) is 0 Å². The molecule has 1 saturated heterocycles. The number of aryl methyl sites for hydroxylation is 2. The number of nitrogens with one attached hydrogen (secondary N) is 1. The molecule has 1 aliphatic rings. The molecule has 1 N–H and O–H groups in total. The van der Waals surface area contributed by atoms with Crippen LogP contribution in [-0.2, 0) is 16.1 Å². The summed E-state index contributed by atoms with van der Waals surface area (Å²) in [6.45, 7) is 9.31. The van der Waals surface area contributed by atoms with Gasteiger partial charge in [-0.1, -0.05) is 32.0 Å². The topological polar surface area (TPSA) is 62.3 Å². The lowest BCUT2D eigenvalue weighted by atomic mass is 10.0. The van der Waals surface area contributed by atoms with E-state index < -0.39 is 0 Å². The van der Waals surface area contributed by atoms with Crippen LogP contribution < -0.4 is 5.32 Å². The van der Waals surface area contributed by atoms with Gasteiger partial charge in [0, 0.05) is 19.5 Å². The van der Waals surface area contributed by atoms with Crippen LogP contribution in [0, 0.1) is 19.8 Å². The molecule has 1 unspecified atom stereocenters. The zero-order valence-electron chi connectivity index (χ0n) is 17.1. The van der Waals surface area contributed by atoms with Crippen LogP contribution in [0.25, 0.3) is 10.4 Å². The highest BCUT2D eigenvalue weighted by Crippen LogP contribution is 2.28. The molecule has 2 heterocycles. The Hall–Kier alpha value is -2.21. The highest BCUT2D eigenvalue weighted by atomic mass is 32.1. The highest BCUT2D eigenvalue weighted by Gasteiger charge is 2.33. The molecule has 150 valence electrons. The third-order valence-corrected chi connectivity index (χ3v) is 6.24. The molecule has 2 aromatic rings. The minimum Gasteiger partial charge on any atom is -0.350 e. The number of nitrogens with zero attached hydrogens (tertiary/aromatic N) is 2. The summed E-state index contributed by atoms with van der Waals surface area (Å²) in [5.74, 6) is 0.352. The van der Waals surface area contributed by atoms with Crippen molar-refractivity contribution >= 4 is 23.2 Å². The maximum atomic E-state index is 12.7. The molecule has 1 atom stereocenters. The van der Waals surface area contributed by atoms with Gasteiger partial charge in [0.1, 0.15) is 6.04 Å². The molecular formula is C22H29N3O2S. The molecular weight excluding hydrogens is 370 g/mol. The van der Waals surface area contributed by atoms with Crippen molar-refractivity contribution in [2.45, 2.75) is 59.5 Å². The van der Waals surface area contributed by atoms with E-state index in [1.165, 1.54) is 4.88 Å². The smallest absolute Gasteiger partial charge is 0.243 e. The van der Waals surface area contributed by atoms with Gasteiger partial charge in [0.2, 0.25) is 11.8 Å². The number of benzene rings is 1. The Morgan fingerprint density at radius 1 is 1.32 bits per heavy atom. The quantitative estimate of drug-likeness (QED) is 0.796. The molecule has 28 heavy (non-hydrogen) atoms. The zero-order valence-corrected chi connectivity index (χ0v) is 17.9. The first-order valence-electron chi connectivity index (χ1n) is 9.94. The van der Waals surface area contributed by atoms with Crippen molar-refractivity contribution in [1.82, 2.24) is 15.2 Å². The number of aromatic nitrogens is 1. The molecule has 0 radical (unpaired) electrons. The van der Waals surface area contributed by atoms with E-state index in [0.29, 0.717) is 25.4 Å². The van der Waals surface area contributed by atoms with E-state index in [-0.39, 0.29) is 17.9 Å². The fraction of sp³-hybridized carbons (Fsp3) is 0.500. The molecule has 0 saturated carbocycles. The monoisotopic (exact) mass is 399 g/mol. The van der Waals surface area contributed by atoms with Crippen LogP contribution in [0.3, 0.4) is 0 Å². The number of likely N-dealkylation sites (tertiary alicyclic amines) is 1. The summed E-state index contributed by atoms with van der Waals surface area (Å²) in [5.41, 5.74) is 6.30. The fourth-order valence-electron chi connectivity index (χ4n) is 3.72. The molecule has 1 aromatic carbocycles. The van der Waals surface area contributed by atoms with Crippen molar-refractivity contribution < 1.29 is 9.59 Å². The SMILES string of the molecule is Cc1cc(-c2scnc2C)ccc1CNC(=O)C1CCCN1C(=O)CC(C)C. The number of rotatable bonds is 6. The normalized spacial score (nSPS) is 16.6. The summed E-state index contributed by atoms with van der Waals surface area (Å²) in [6, 6.07) is 5.98. The van der Waals surface area contributed by atoms with Gasteiger partial charge in [-0.15, -0.1) is 11.3 Å². The minimum absolute atomic E-state index is 0.0450. The number of carbonyl (C=O) groups excluding carboxylic acids is 2. The van der Waals surface area contributed by atoms with E-state index in [9.17, 15) is 9.59 Å². The summed E-state index contributed by atoms with van der Waals surface area (Å²) in [7, 11) is 0. The summed E-state index contributed by atoms with van der Waals surface area (Å²) < 4.78 is 0. The summed E-state index contributed by atoms with van der Waals surface area (Å²) in [4.78, 5) is 32.4. The van der Waals surface area contributed by atoms with E-state index in [0.717, 1.165) is 35.2 Å². The summed E-state index contributed by atoms with van der Waals surface area (Å²) >= 11 is 1.64. The number of carbonyl (C=O) groups is 2. The Labute approximate surface area is 171 Å². The van der Waals surface area contributed by atoms with Gasteiger partial charge in [-0.05, 0) is 49.3 Å². The van der Waals surface area contributed by atoms with Gasteiger partial charge >= 0.3 is 0 Å². The van der Waals surface area contributed by atoms with E-state index in [4.69, 9.17) is 0 Å². The molecule has 6 heteroatoms. The van der Waals surface area contributed by atoms with Gasteiger partial charge < -0.3 is 10.2 Å². The molecule has 5 nitrogen and oxygen atoms in total. The van der Waals surface area contributed by atoms with Gasteiger partial charge in [-0.25, -0.2) is 4.98 Å². The van der Waals surface area contributed by atoms with Crippen LogP contribution >= 0.6 is 11.3 Å². The fourth-order valence-corrected chi connectivity index (χ4v) is 4.52. The Bertz CT molecular complexity index is 859. The van der Waals surface area contributed by atoms with Crippen molar-refractivity contribution in [3.63, 3.8) is 0 Å². The Morgan fingerprint density at radius 3 is 2.75 bits per heavy atom. The Balaban J connectivity index is 1.63. The maximum Gasteiger partial charge on any atom is 0.243 e. The molecule has 1 fully saturated rings. The third-order valence-electron chi connectivity index (χ3n) is 5.26. The average Bonchev–Trinajstić information content (AvgIpc) is 3.28. The van der Waals surface area contributed by atoms with Gasteiger partial charge in [0.05, 0.1) is 16.1 Å². The molecule has 3 rings (SSSR count). The van der Waals surface area contributed by atoms with Crippen LogP contribution in [0.15, 0.2) is 23.7 Å². The van der Waals surface area contributed by atoms with Crippen LogP contribution in [0.1, 0.15) is 49.9 Å². The number of hydrogen-bond donors (Lipinski definition) is 1. The Morgan fingerprint density at radius 2 is 2.11 bits per heavy atom. The lowest BCUT2D eigenvalue weighted by Gasteiger charge is -2.25. The van der Waals surface area contributed by atoms with E-state index in [1.807, 2.05) is 26.3 Å². The van der Waals surface area contributed by atoms with Crippen LogP contribution in [-0.4, -0.2) is 34.3 Å². The maximum absolute atomic E-state index is 12.7. The first-order chi connectivity index (χ1) is 13.4. The third kappa shape index (κ3) is 4.61. The average molecular weight is 400 g/mol. The molecule has 2 amide bonds. The Kier molecular flexibility index (Phi) is 6.50. The van der Waals surface area contributed by atoms with Gasteiger partial charge in [0.15, 0.2) is 0 Å². The van der Waals surface area contributed by atoms with Crippen LogP contribution in [0.4, 0.5) is 0 Å². The lowest BCUT2D eigenvalue weighted by Crippen LogP contribution is -2.46. The van der Waals surface area contributed by atoms with E-state index in [2.05, 4.69) is 35.4 Å². The van der Waals surface area contributed by atoms with Gasteiger partial charge in [-0.3, -0.25) is 9.59 Å². The highest BCUT2D eigenvalue weighted by molar-refractivity contribution is 7.13. The summed E-state index contributed by atoms with van der Waals surface area (Å²) in [5, 5.41) is 3.04. The predicted octanol–water partition coefficient (Wildman–Crippen LogP) is 4.08. The predicted molar refractivity (Wildman–Crippen MR) is 113 cm³/mol. The van der Waals surface area contributed by atoms with Crippen LogP contribution in [0.2, 0.25) is 0 Å². The lowest BCUT2D eigenvalue weighted by molar-refractivity contribution is -0.139. The molecule has 0 spiro atoms. The second kappa shape index (κ2) is 8.86. The van der Waals surface area contributed by atoms with Crippen molar-refractivity contribution in [2.24, 2.45) is 5.92 Å². The van der Waals surface area contributed by atoms with Crippen LogP contribution in [0.5, 0.6) is 0 Å². The van der Waals surface area contributed by atoms with Crippen molar-refractivity contribution in [2.75, 3.05) is 6.54 Å². The molecule has 1 aromatic heterocycles. The van der Waals surface area contributed by atoms with Gasteiger partial charge in [-0.2, -0.15) is 0 Å². The van der Waals surface area contributed by atoms with E-state index in [1.54, 1.807) is 16.2 Å². The van der Waals surface area contributed by atoms with Gasteiger partial charge in [0.25, 0.3) is 0 Å². The largest absolute Gasteiger partial charge is 0.350 e.